The molecule has 2 atom stereocenters. The maximum absolute atomic E-state index is 13.0. The number of carboxylic acid groups (broad SMARTS) is 1. The van der Waals surface area contributed by atoms with Gasteiger partial charge in [0.1, 0.15) is 36.5 Å². The van der Waals surface area contributed by atoms with E-state index in [4.69, 9.17) is 9.57 Å². The molecule has 4 rings (SSSR count). The van der Waals surface area contributed by atoms with Crippen molar-refractivity contribution in [2.24, 2.45) is 5.16 Å². The summed E-state index contributed by atoms with van der Waals surface area (Å²) in [5.74, 6) is -2.54. The monoisotopic (exact) mass is 567 g/mol. The highest BCUT2D eigenvalue weighted by Gasteiger charge is 2.54. The third kappa shape index (κ3) is 5.58. The summed E-state index contributed by atoms with van der Waals surface area (Å²) in [6.07, 6.45) is -0.103. The summed E-state index contributed by atoms with van der Waals surface area (Å²) in [6, 6.07) is -1.02. The van der Waals surface area contributed by atoms with Crippen LogP contribution in [0.15, 0.2) is 21.8 Å². The minimum atomic E-state index is -1.33. The third-order valence-electron chi connectivity index (χ3n) is 5.99. The van der Waals surface area contributed by atoms with E-state index in [1.165, 1.54) is 24.3 Å². The number of β-lactam (4-membered cyclic amide) rings is 1. The van der Waals surface area contributed by atoms with Crippen LogP contribution in [0.1, 0.15) is 5.69 Å². The Bertz CT molecular complexity index is 1190. The number of carbonyl (C=O) groups excluding carboxylic acids is 4. The Morgan fingerprint density at radius 1 is 1.29 bits per heavy atom. The number of rotatable bonds is 9. The number of hydrogen-bond acceptors (Lipinski definition) is 12. The van der Waals surface area contributed by atoms with E-state index in [9.17, 15) is 29.1 Å². The number of carbonyl (C=O) groups is 5. The first-order chi connectivity index (χ1) is 18.2. The molecule has 2 saturated heterocycles. The van der Waals surface area contributed by atoms with Gasteiger partial charge in [-0.25, -0.2) is 14.6 Å². The van der Waals surface area contributed by atoms with E-state index in [2.05, 4.69) is 25.7 Å². The number of amides is 4. The van der Waals surface area contributed by atoms with Crippen LogP contribution < -0.4 is 10.6 Å². The zero-order valence-electron chi connectivity index (χ0n) is 20.4. The van der Waals surface area contributed by atoms with Crippen LogP contribution in [-0.4, -0.2) is 125 Å². The molecule has 4 heterocycles. The Kier molecular flexibility index (Phi) is 8.48. The van der Waals surface area contributed by atoms with E-state index in [1.54, 1.807) is 4.90 Å². The van der Waals surface area contributed by atoms with Crippen molar-refractivity contribution < 1.29 is 38.7 Å². The van der Waals surface area contributed by atoms with Crippen LogP contribution in [0.4, 0.5) is 9.93 Å². The van der Waals surface area contributed by atoms with E-state index in [1.807, 2.05) is 7.05 Å². The van der Waals surface area contributed by atoms with Gasteiger partial charge in [0.25, 0.3) is 11.8 Å². The fourth-order valence-corrected chi connectivity index (χ4v) is 6.01. The van der Waals surface area contributed by atoms with Crippen molar-refractivity contribution in [3.63, 3.8) is 0 Å². The second kappa shape index (κ2) is 11.8. The van der Waals surface area contributed by atoms with Gasteiger partial charge in [-0.2, -0.15) is 0 Å². The number of nitrogens with one attached hydrogen (secondary N) is 2. The van der Waals surface area contributed by atoms with Crippen molar-refractivity contribution in [2.45, 2.75) is 11.4 Å². The van der Waals surface area contributed by atoms with Gasteiger partial charge in [-0.1, -0.05) is 5.16 Å². The van der Waals surface area contributed by atoms with Gasteiger partial charge in [0, 0.05) is 42.9 Å². The van der Waals surface area contributed by atoms with Crippen molar-refractivity contribution in [3.05, 3.63) is 22.3 Å². The molecule has 2 fully saturated rings. The van der Waals surface area contributed by atoms with E-state index in [0.29, 0.717) is 38.2 Å². The molecule has 1 aromatic rings. The van der Waals surface area contributed by atoms with Crippen LogP contribution in [-0.2, 0) is 28.8 Å². The number of oxime groups is 1. The first kappa shape index (κ1) is 27.3. The van der Waals surface area contributed by atoms with Gasteiger partial charge in [-0.15, -0.1) is 23.1 Å². The minimum Gasteiger partial charge on any atom is -0.477 e. The number of thioether (sulfide) groups is 1. The van der Waals surface area contributed by atoms with Crippen molar-refractivity contribution in [3.8, 4) is 0 Å². The lowest BCUT2D eigenvalue weighted by atomic mass is 10.0. The number of anilines is 1. The highest BCUT2D eigenvalue weighted by Crippen LogP contribution is 2.40. The average Bonchev–Trinajstić information content (AvgIpc) is 3.36. The Morgan fingerprint density at radius 3 is 2.68 bits per heavy atom. The molecule has 0 saturated carbocycles. The predicted octanol–water partition coefficient (Wildman–Crippen LogP) is -0.815. The maximum Gasteiger partial charge on any atom is 0.410 e. The Hall–Kier alpha value is -3.70. The van der Waals surface area contributed by atoms with Crippen LogP contribution in [0.25, 0.3) is 0 Å². The number of fused-ring (bicyclic) bond motifs is 1. The van der Waals surface area contributed by atoms with Gasteiger partial charge < -0.3 is 35.1 Å². The number of carboxylic acids is 1. The molecule has 15 nitrogen and oxygen atoms in total. The summed E-state index contributed by atoms with van der Waals surface area (Å²) in [5, 5.41) is 19.5. The van der Waals surface area contributed by atoms with E-state index in [-0.39, 0.29) is 34.6 Å². The molecule has 4 amide bonds. The maximum atomic E-state index is 13.0. The zero-order valence-corrected chi connectivity index (χ0v) is 22.0. The number of aliphatic carboxylic acids is 1. The van der Waals surface area contributed by atoms with E-state index in [0.717, 1.165) is 16.2 Å². The second-order valence-corrected chi connectivity index (χ2v) is 10.3. The molecule has 3 aliphatic heterocycles. The molecule has 38 heavy (non-hydrogen) atoms. The third-order valence-corrected chi connectivity index (χ3v) is 8.11. The molecule has 3 aliphatic rings. The number of ether oxygens (including phenoxy) is 1. The Balaban J connectivity index is 1.42. The average molecular weight is 568 g/mol. The van der Waals surface area contributed by atoms with Crippen LogP contribution in [0.3, 0.4) is 0 Å². The van der Waals surface area contributed by atoms with Gasteiger partial charge in [-0.05, 0) is 7.05 Å². The van der Waals surface area contributed by atoms with Gasteiger partial charge in [0.05, 0.1) is 0 Å². The molecule has 0 radical (unpaired) electrons. The molecule has 3 N–H and O–H groups in total. The zero-order chi connectivity index (χ0) is 27.4. The molecule has 0 spiro atoms. The fraction of sp³-hybridized carbons (Fsp3) is 0.476. The lowest BCUT2D eigenvalue weighted by Gasteiger charge is -2.49. The SMILES string of the molecule is CO/N=C(/C(=O)NC1C(=O)N2C(C(=O)O)=C(COC(=O)N3CCN(C)CC3)CS[C@H]12)c1csc(NC=O)n1. The first-order valence-electron chi connectivity index (χ1n) is 11.3. The summed E-state index contributed by atoms with van der Waals surface area (Å²) in [7, 11) is 3.19. The molecule has 0 aliphatic carbocycles. The quantitative estimate of drug-likeness (QED) is 0.147. The topological polar surface area (TPSA) is 183 Å². The number of nitrogens with zero attached hydrogens (tertiary/aromatic N) is 5. The van der Waals surface area contributed by atoms with Gasteiger partial charge in [0.2, 0.25) is 6.41 Å². The minimum absolute atomic E-state index is 0.120. The highest BCUT2D eigenvalue weighted by molar-refractivity contribution is 8.00. The standard InChI is InChI=1S/C21H25N7O8S2/c1-26-3-5-27(6-4-26)21(34)36-7-11-8-37-18-14(17(31)28(18)15(11)19(32)33)24-16(30)13(25-35-2)12-9-38-20(23-12)22-10-29/h9-10,14,18H,3-8H2,1-2H3,(H,24,30)(H,32,33)(H,22,23,29)/b25-13+/t14?,18-/m1/s1. The summed E-state index contributed by atoms with van der Waals surface area (Å²) >= 11 is 2.30. The highest BCUT2D eigenvalue weighted by atomic mass is 32.2. The summed E-state index contributed by atoms with van der Waals surface area (Å²) < 4.78 is 5.36. The Morgan fingerprint density at radius 2 is 2.03 bits per heavy atom. The van der Waals surface area contributed by atoms with Crippen LogP contribution in [0.5, 0.6) is 0 Å². The van der Waals surface area contributed by atoms with Crippen LogP contribution >= 0.6 is 23.1 Å². The van der Waals surface area contributed by atoms with Gasteiger partial charge in [0.15, 0.2) is 10.8 Å². The number of thiazole rings is 1. The first-order valence-corrected chi connectivity index (χ1v) is 13.3. The summed E-state index contributed by atoms with van der Waals surface area (Å²) in [5.41, 5.74) is -0.0709. The largest absolute Gasteiger partial charge is 0.477 e. The van der Waals surface area contributed by atoms with Gasteiger partial charge >= 0.3 is 12.1 Å². The smallest absolute Gasteiger partial charge is 0.410 e. The second-order valence-electron chi connectivity index (χ2n) is 8.39. The molecule has 1 aromatic heterocycles. The van der Waals surface area contributed by atoms with Crippen LogP contribution in [0.2, 0.25) is 0 Å². The molecule has 0 bridgehead atoms. The molecular formula is C21H25N7O8S2. The lowest BCUT2D eigenvalue weighted by molar-refractivity contribution is -0.150. The summed E-state index contributed by atoms with van der Waals surface area (Å²) in [6.45, 7) is 2.17. The van der Waals surface area contributed by atoms with E-state index < -0.39 is 35.3 Å². The molecule has 0 aromatic carbocycles. The van der Waals surface area contributed by atoms with Gasteiger partial charge in [-0.3, -0.25) is 19.3 Å². The number of hydrogen-bond donors (Lipinski definition) is 3. The van der Waals surface area contributed by atoms with Crippen molar-refractivity contribution in [2.75, 3.05) is 58.0 Å². The number of aromatic nitrogens is 1. The predicted molar refractivity (Wildman–Crippen MR) is 135 cm³/mol. The Labute approximate surface area is 224 Å². The van der Waals surface area contributed by atoms with Crippen molar-refractivity contribution >= 4 is 64.2 Å². The summed E-state index contributed by atoms with van der Waals surface area (Å²) in [4.78, 5) is 74.6. The van der Waals surface area contributed by atoms with Crippen molar-refractivity contribution in [1.29, 1.82) is 0 Å². The van der Waals surface area contributed by atoms with Crippen molar-refractivity contribution in [1.82, 2.24) is 25.0 Å². The van der Waals surface area contributed by atoms with E-state index >= 15 is 0 Å². The number of likely N-dealkylation sites (N-methyl/N-ethyl adjacent to an activating group) is 1. The number of piperazine rings is 1. The molecule has 1 unspecified atom stereocenters. The normalized spacial score (nSPS) is 21.8. The molecule has 17 heteroatoms. The van der Waals surface area contributed by atoms with Crippen LogP contribution in [0, 0.1) is 0 Å². The molecular weight excluding hydrogens is 542 g/mol. The lowest BCUT2D eigenvalue weighted by Crippen LogP contribution is -2.71. The molecule has 204 valence electrons. The fourth-order valence-electron chi connectivity index (χ4n) is 4.03.